The minimum atomic E-state index is -0.116. The molecule has 1 saturated heterocycles. The molecule has 0 saturated carbocycles. The summed E-state index contributed by atoms with van der Waals surface area (Å²) in [6.07, 6.45) is 1.76. The van der Waals surface area contributed by atoms with E-state index in [0.29, 0.717) is 34.6 Å². The van der Waals surface area contributed by atoms with Crippen LogP contribution in [0.4, 0.5) is 0 Å². The van der Waals surface area contributed by atoms with Crippen LogP contribution in [0.1, 0.15) is 12.5 Å². The fourth-order valence-electron chi connectivity index (χ4n) is 2.47. The molecule has 3 rings (SSSR count). The zero-order valence-corrected chi connectivity index (χ0v) is 13.4. The predicted octanol–water partition coefficient (Wildman–Crippen LogP) is 1.84. The van der Waals surface area contributed by atoms with Gasteiger partial charge in [0.05, 0.1) is 7.11 Å². The largest absolute Gasteiger partial charge is 0.496 e. The zero-order chi connectivity index (χ0) is 15.9. The van der Waals surface area contributed by atoms with E-state index in [1.54, 1.807) is 42.2 Å². The molecule has 0 radical (unpaired) electrons. The highest BCUT2D eigenvalue weighted by molar-refractivity contribution is 7.80. The van der Waals surface area contributed by atoms with Gasteiger partial charge in [-0.05, 0) is 31.3 Å². The summed E-state index contributed by atoms with van der Waals surface area (Å²) in [5.74, 6) is 1.76. The van der Waals surface area contributed by atoms with E-state index in [9.17, 15) is 4.79 Å². The number of benzene rings is 1. The molecule has 0 N–H and O–H groups in total. The van der Waals surface area contributed by atoms with E-state index >= 15 is 0 Å². The number of hydrogen-bond acceptors (Lipinski definition) is 5. The minimum absolute atomic E-state index is 0.116. The Morgan fingerprint density at radius 3 is 2.64 bits per heavy atom. The fourth-order valence-corrected chi connectivity index (χ4v) is 2.78. The Hall–Kier alpha value is -2.28. The average molecular weight is 320 g/mol. The van der Waals surface area contributed by atoms with E-state index in [1.807, 2.05) is 6.92 Å². The van der Waals surface area contributed by atoms with Crippen LogP contribution in [0.5, 0.6) is 17.2 Å². The molecule has 1 aromatic rings. The minimum Gasteiger partial charge on any atom is -0.496 e. The van der Waals surface area contributed by atoms with Crippen molar-refractivity contribution in [3.8, 4) is 17.2 Å². The molecular formula is C15H16N2O4S. The maximum atomic E-state index is 12.4. The molecular weight excluding hydrogens is 304 g/mol. The summed E-state index contributed by atoms with van der Waals surface area (Å²) in [5, 5.41) is 0.499. The molecule has 22 heavy (non-hydrogen) atoms. The molecule has 116 valence electrons. The number of methoxy groups -OCH3 is 1. The standard InChI is InChI=1S/C15H16N2O4S/c1-4-17-14(18)10(16(2)15(17)22)5-9-6-12-13(21-8-20-12)7-11(9)19-3/h5-7H,4,8H2,1-3H3. The molecule has 0 aromatic heterocycles. The lowest BCUT2D eigenvalue weighted by Gasteiger charge is -2.13. The third-order valence-corrected chi connectivity index (χ3v) is 4.17. The second kappa shape index (κ2) is 5.49. The van der Waals surface area contributed by atoms with Gasteiger partial charge in [-0.3, -0.25) is 9.69 Å². The van der Waals surface area contributed by atoms with Gasteiger partial charge in [0.25, 0.3) is 5.91 Å². The Bertz CT molecular complexity index is 686. The van der Waals surface area contributed by atoms with Crippen molar-refractivity contribution in [2.75, 3.05) is 27.5 Å². The highest BCUT2D eigenvalue weighted by Crippen LogP contribution is 2.39. The fraction of sp³-hybridized carbons (Fsp3) is 0.333. The Morgan fingerprint density at radius 2 is 2.05 bits per heavy atom. The lowest BCUT2D eigenvalue weighted by molar-refractivity contribution is -0.122. The summed E-state index contributed by atoms with van der Waals surface area (Å²) in [4.78, 5) is 15.7. The number of amides is 1. The van der Waals surface area contributed by atoms with Gasteiger partial charge in [0.1, 0.15) is 11.4 Å². The van der Waals surface area contributed by atoms with Crippen LogP contribution in [0.15, 0.2) is 17.8 Å². The highest BCUT2D eigenvalue weighted by atomic mass is 32.1. The van der Waals surface area contributed by atoms with Gasteiger partial charge in [0, 0.05) is 25.2 Å². The van der Waals surface area contributed by atoms with Crippen molar-refractivity contribution < 1.29 is 19.0 Å². The quantitative estimate of drug-likeness (QED) is 0.626. The van der Waals surface area contributed by atoms with Gasteiger partial charge in [0.15, 0.2) is 16.6 Å². The smallest absolute Gasteiger partial charge is 0.276 e. The number of hydrogen-bond donors (Lipinski definition) is 0. The first-order valence-electron chi connectivity index (χ1n) is 6.85. The maximum Gasteiger partial charge on any atom is 0.276 e. The van der Waals surface area contributed by atoms with Crippen LogP contribution in [0.2, 0.25) is 0 Å². The molecule has 7 heteroatoms. The average Bonchev–Trinajstić information content (AvgIpc) is 3.05. The van der Waals surface area contributed by atoms with E-state index in [0.717, 1.165) is 5.56 Å². The SMILES string of the molecule is CCN1C(=O)C(=Cc2cc3c(cc2OC)OCO3)N(C)C1=S. The second-order valence-corrected chi connectivity index (χ2v) is 5.23. The third-order valence-electron chi connectivity index (χ3n) is 3.68. The van der Waals surface area contributed by atoms with Crippen LogP contribution in [0.3, 0.4) is 0 Å². The van der Waals surface area contributed by atoms with E-state index < -0.39 is 0 Å². The van der Waals surface area contributed by atoms with Gasteiger partial charge in [-0.15, -0.1) is 0 Å². The summed E-state index contributed by atoms with van der Waals surface area (Å²) in [6, 6.07) is 3.55. The van der Waals surface area contributed by atoms with Crippen LogP contribution in [0, 0.1) is 0 Å². The number of thiocarbonyl (C=S) groups is 1. The molecule has 0 spiro atoms. The maximum absolute atomic E-state index is 12.4. The molecule has 2 aliphatic heterocycles. The first-order chi connectivity index (χ1) is 10.6. The monoisotopic (exact) mass is 320 g/mol. The number of carbonyl (C=O) groups excluding carboxylic acids is 1. The number of nitrogens with zero attached hydrogens (tertiary/aromatic N) is 2. The van der Waals surface area contributed by atoms with Gasteiger partial charge in [0.2, 0.25) is 6.79 Å². The second-order valence-electron chi connectivity index (χ2n) is 4.87. The predicted molar refractivity (Wildman–Crippen MR) is 84.8 cm³/mol. The molecule has 6 nitrogen and oxygen atoms in total. The number of ether oxygens (including phenoxy) is 3. The van der Waals surface area contributed by atoms with Gasteiger partial charge >= 0.3 is 0 Å². The molecule has 1 fully saturated rings. The normalized spacial score (nSPS) is 18.6. The number of fused-ring (bicyclic) bond motifs is 1. The topological polar surface area (TPSA) is 51.2 Å². The highest BCUT2D eigenvalue weighted by Gasteiger charge is 2.34. The van der Waals surface area contributed by atoms with Crippen LogP contribution >= 0.6 is 12.2 Å². The summed E-state index contributed by atoms with van der Waals surface area (Å²) >= 11 is 5.29. The Balaban J connectivity index is 2.05. The lowest BCUT2D eigenvalue weighted by atomic mass is 10.1. The first-order valence-corrected chi connectivity index (χ1v) is 7.26. The van der Waals surface area contributed by atoms with Crippen molar-refractivity contribution in [1.82, 2.24) is 9.80 Å². The zero-order valence-electron chi connectivity index (χ0n) is 12.6. The molecule has 0 atom stereocenters. The van der Waals surface area contributed by atoms with Crippen LogP contribution in [0.25, 0.3) is 6.08 Å². The van der Waals surface area contributed by atoms with E-state index in [1.165, 1.54) is 0 Å². The van der Waals surface area contributed by atoms with Crippen LogP contribution in [-0.4, -0.2) is 48.3 Å². The summed E-state index contributed by atoms with van der Waals surface area (Å²) < 4.78 is 16.1. The van der Waals surface area contributed by atoms with Crippen molar-refractivity contribution in [1.29, 1.82) is 0 Å². The Kier molecular flexibility index (Phi) is 3.66. The van der Waals surface area contributed by atoms with E-state index in [-0.39, 0.29) is 12.7 Å². The Labute approximate surface area is 133 Å². The molecule has 2 heterocycles. The number of likely N-dealkylation sites (N-methyl/N-ethyl adjacent to an activating group) is 2. The third kappa shape index (κ3) is 2.18. The lowest BCUT2D eigenvalue weighted by Crippen LogP contribution is -2.30. The molecule has 2 aliphatic rings. The van der Waals surface area contributed by atoms with Gasteiger partial charge < -0.3 is 19.1 Å². The molecule has 1 amide bonds. The molecule has 0 bridgehead atoms. The van der Waals surface area contributed by atoms with Crippen LogP contribution in [-0.2, 0) is 4.79 Å². The van der Waals surface area contributed by atoms with Gasteiger partial charge in [-0.25, -0.2) is 0 Å². The van der Waals surface area contributed by atoms with Crippen molar-refractivity contribution in [2.45, 2.75) is 6.92 Å². The van der Waals surface area contributed by atoms with Crippen molar-refractivity contribution in [3.63, 3.8) is 0 Å². The summed E-state index contributed by atoms with van der Waals surface area (Å²) in [6.45, 7) is 2.62. The van der Waals surface area contributed by atoms with Crippen molar-refractivity contribution in [3.05, 3.63) is 23.4 Å². The van der Waals surface area contributed by atoms with E-state index in [2.05, 4.69) is 0 Å². The summed E-state index contributed by atoms with van der Waals surface area (Å²) in [5.41, 5.74) is 1.24. The van der Waals surface area contributed by atoms with Crippen molar-refractivity contribution >= 4 is 29.3 Å². The Morgan fingerprint density at radius 1 is 1.36 bits per heavy atom. The van der Waals surface area contributed by atoms with E-state index in [4.69, 9.17) is 26.4 Å². The molecule has 1 aromatic carbocycles. The first kappa shape index (κ1) is 14.6. The van der Waals surface area contributed by atoms with Crippen molar-refractivity contribution in [2.24, 2.45) is 0 Å². The molecule has 0 aliphatic carbocycles. The van der Waals surface area contributed by atoms with Gasteiger partial charge in [-0.1, -0.05) is 0 Å². The summed E-state index contributed by atoms with van der Waals surface area (Å²) in [7, 11) is 3.35. The molecule has 0 unspecified atom stereocenters. The number of carbonyl (C=O) groups is 1. The van der Waals surface area contributed by atoms with Crippen LogP contribution < -0.4 is 14.2 Å². The number of rotatable bonds is 3. The van der Waals surface area contributed by atoms with Gasteiger partial charge in [-0.2, -0.15) is 0 Å².